The van der Waals surface area contributed by atoms with Gasteiger partial charge in [-0.2, -0.15) is 0 Å². The monoisotopic (exact) mass is 379 g/mol. The van der Waals surface area contributed by atoms with Crippen molar-refractivity contribution in [2.24, 2.45) is 0 Å². The molecule has 0 bridgehead atoms. The third-order valence-corrected chi connectivity index (χ3v) is 5.94. The van der Waals surface area contributed by atoms with Crippen LogP contribution < -0.4 is 0 Å². The quantitative estimate of drug-likeness (QED) is 0.370. The summed E-state index contributed by atoms with van der Waals surface area (Å²) in [6.07, 6.45) is 0. The Bertz CT molecular complexity index is 1090. The molecule has 0 amide bonds. The maximum Gasteiger partial charge on any atom is 0.296 e. The number of sulfone groups is 1. The molecule has 0 saturated heterocycles. The minimum absolute atomic E-state index is 0.0160. The molecule has 0 heterocycles. The molecule has 0 N–H and O–H groups in total. The fourth-order valence-electron chi connectivity index (χ4n) is 2.76. The first kappa shape index (κ1) is 18.5. The summed E-state index contributed by atoms with van der Waals surface area (Å²) in [5.74, 6) is 0. The molecule has 136 valence electrons. The first-order valence-corrected chi connectivity index (χ1v) is 9.71. The van der Waals surface area contributed by atoms with Gasteiger partial charge >= 0.3 is 0 Å². The van der Waals surface area contributed by atoms with Crippen LogP contribution in [0.1, 0.15) is 16.7 Å². The van der Waals surface area contributed by atoms with E-state index in [-0.39, 0.29) is 20.9 Å². The Hall–Kier alpha value is -3.25. The van der Waals surface area contributed by atoms with Crippen LogP contribution in [0.5, 0.6) is 0 Å². The summed E-state index contributed by atoms with van der Waals surface area (Å²) in [4.78, 5) is 11.0. The topological polar surface area (TPSA) is 77.3 Å². The second-order valence-electron chi connectivity index (χ2n) is 5.98. The molecular formula is C21H17NO4S. The van der Waals surface area contributed by atoms with Crippen molar-refractivity contribution in [3.8, 4) is 0 Å². The second kappa shape index (κ2) is 7.55. The van der Waals surface area contributed by atoms with E-state index in [0.717, 1.165) is 5.56 Å². The van der Waals surface area contributed by atoms with Gasteiger partial charge in [-0.15, -0.1) is 0 Å². The second-order valence-corrected chi connectivity index (χ2v) is 7.87. The van der Waals surface area contributed by atoms with Crippen LogP contribution in [0.2, 0.25) is 0 Å². The highest BCUT2D eigenvalue weighted by Gasteiger charge is 2.33. The molecule has 6 heteroatoms. The van der Waals surface area contributed by atoms with Gasteiger partial charge in [0.25, 0.3) is 5.70 Å². The first-order chi connectivity index (χ1) is 12.9. The lowest BCUT2D eigenvalue weighted by atomic mass is 10.1. The lowest BCUT2D eigenvalue weighted by Crippen LogP contribution is -2.11. The molecule has 0 aromatic heterocycles. The van der Waals surface area contributed by atoms with Gasteiger partial charge in [0.15, 0.2) is 4.91 Å². The Balaban J connectivity index is 2.39. The highest BCUT2D eigenvalue weighted by Crippen LogP contribution is 2.35. The maximum absolute atomic E-state index is 13.4. The van der Waals surface area contributed by atoms with Gasteiger partial charge < -0.3 is 0 Å². The van der Waals surface area contributed by atoms with Crippen molar-refractivity contribution in [3.63, 3.8) is 0 Å². The van der Waals surface area contributed by atoms with Crippen molar-refractivity contribution >= 4 is 20.4 Å². The van der Waals surface area contributed by atoms with Crippen LogP contribution >= 0.6 is 0 Å². The molecule has 0 atom stereocenters. The van der Waals surface area contributed by atoms with Gasteiger partial charge in [-0.25, -0.2) is 8.42 Å². The highest BCUT2D eigenvalue weighted by atomic mass is 32.2. The van der Waals surface area contributed by atoms with E-state index in [2.05, 4.69) is 0 Å². The Morgan fingerprint density at radius 2 is 1.26 bits per heavy atom. The molecule has 3 aromatic carbocycles. The molecule has 0 aliphatic carbocycles. The minimum Gasteiger partial charge on any atom is -0.258 e. The third-order valence-electron chi connectivity index (χ3n) is 4.08. The van der Waals surface area contributed by atoms with Crippen LogP contribution in [0.15, 0.2) is 89.8 Å². The number of rotatable bonds is 5. The van der Waals surface area contributed by atoms with Crippen molar-refractivity contribution in [1.82, 2.24) is 0 Å². The van der Waals surface area contributed by atoms with E-state index >= 15 is 0 Å². The van der Waals surface area contributed by atoms with Gasteiger partial charge in [0.1, 0.15) is 0 Å². The number of nitrogens with zero attached hydrogens (tertiary/aromatic N) is 1. The zero-order valence-electron chi connectivity index (χ0n) is 14.6. The molecule has 0 aliphatic rings. The van der Waals surface area contributed by atoms with Crippen LogP contribution in [-0.4, -0.2) is 13.3 Å². The first-order valence-electron chi connectivity index (χ1n) is 8.22. The van der Waals surface area contributed by atoms with Crippen molar-refractivity contribution in [2.45, 2.75) is 11.8 Å². The average Bonchev–Trinajstić information content (AvgIpc) is 2.67. The van der Waals surface area contributed by atoms with Crippen LogP contribution in [-0.2, 0) is 9.84 Å². The average molecular weight is 379 g/mol. The summed E-state index contributed by atoms with van der Waals surface area (Å²) in [6.45, 7) is 1.84. The highest BCUT2D eigenvalue weighted by molar-refractivity contribution is 8.01. The third kappa shape index (κ3) is 3.80. The molecule has 5 nitrogen and oxygen atoms in total. The Morgan fingerprint density at radius 1 is 0.778 bits per heavy atom. The molecule has 0 spiro atoms. The Morgan fingerprint density at radius 3 is 1.74 bits per heavy atom. The zero-order chi connectivity index (χ0) is 19.4. The van der Waals surface area contributed by atoms with E-state index in [1.807, 2.05) is 6.92 Å². The Labute approximate surface area is 157 Å². The summed E-state index contributed by atoms with van der Waals surface area (Å²) in [5.41, 5.74) is 0.963. The Kier molecular flexibility index (Phi) is 5.19. The van der Waals surface area contributed by atoms with Gasteiger partial charge in [-0.1, -0.05) is 66.2 Å². The maximum atomic E-state index is 13.4. The number of aryl methyl sites for hydroxylation is 1. The van der Waals surface area contributed by atoms with Crippen molar-refractivity contribution in [1.29, 1.82) is 0 Å². The standard InChI is InChI=1S/C21H17NO4S/c1-16-12-14-19(15-13-16)27(25,26)21(18-10-6-3-7-11-18)20(22(23)24)17-8-4-2-5-9-17/h2-15H,1H3. The molecule has 3 rings (SSSR count). The smallest absolute Gasteiger partial charge is 0.258 e. The van der Waals surface area contributed by atoms with Gasteiger partial charge in [-0.3, -0.25) is 10.1 Å². The molecule has 0 aliphatic heterocycles. The van der Waals surface area contributed by atoms with E-state index in [0.29, 0.717) is 0 Å². The SMILES string of the molecule is Cc1ccc(S(=O)(=O)C(=C(c2ccccc2)[N+](=O)[O-])c2ccccc2)cc1. The van der Waals surface area contributed by atoms with Crippen molar-refractivity contribution in [2.75, 3.05) is 0 Å². The number of hydrogen-bond donors (Lipinski definition) is 0. The summed E-state index contributed by atoms with van der Waals surface area (Å²) in [5, 5.41) is 11.9. The zero-order valence-corrected chi connectivity index (χ0v) is 15.4. The summed E-state index contributed by atoms with van der Waals surface area (Å²) in [6, 6.07) is 22.5. The van der Waals surface area contributed by atoms with Gasteiger partial charge in [0, 0.05) is 5.56 Å². The van der Waals surface area contributed by atoms with Gasteiger partial charge in [0.05, 0.1) is 15.4 Å². The van der Waals surface area contributed by atoms with Crippen molar-refractivity contribution < 1.29 is 13.3 Å². The molecule has 0 unspecified atom stereocenters. The largest absolute Gasteiger partial charge is 0.296 e. The minimum atomic E-state index is -4.13. The molecule has 0 radical (unpaired) electrons. The van der Waals surface area contributed by atoms with Gasteiger partial charge in [-0.05, 0) is 31.2 Å². The van der Waals surface area contributed by atoms with E-state index < -0.39 is 20.5 Å². The van der Waals surface area contributed by atoms with E-state index in [1.54, 1.807) is 60.7 Å². The molecule has 0 fully saturated rings. The van der Waals surface area contributed by atoms with E-state index in [9.17, 15) is 18.5 Å². The van der Waals surface area contributed by atoms with Crippen LogP contribution in [0.25, 0.3) is 10.6 Å². The predicted molar refractivity (Wildman–Crippen MR) is 105 cm³/mol. The predicted octanol–water partition coefficient (Wildman–Crippen LogP) is 4.57. The molecular weight excluding hydrogens is 362 g/mol. The van der Waals surface area contributed by atoms with Gasteiger partial charge in [0.2, 0.25) is 9.84 Å². The summed E-state index contributed by atoms with van der Waals surface area (Å²) in [7, 11) is -4.13. The fourth-order valence-corrected chi connectivity index (χ4v) is 4.38. The van der Waals surface area contributed by atoms with Crippen LogP contribution in [0.3, 0.4) is 0 Å². The molecule has 0 saturated carbocycles. The number of hydrogen-bond acceptors (Lipinski definition) is 4. The van der Waals surface area contributed by atoms with Crippen molar-refractivity contribution in [3.05, 3.63) is 112 Å². The lowest BCUT2D eigenvalue weighted by molar-refractivity contribution is -0.374. The fraction of sp³-hybridized carbons (Fsp3) is 0.0476. The van der Waals surface area contributed by atoms with E-state index in [1.165, 1.54) is 24.3 Å². The van der Waals surface area contributed by atoms with E-state index in [4.69, 9.17) is 0 Å². The normalized spacial score (nSPS) is 12.3. The number of benzene rings is 3. The number of nitro groups is 1. The molecule has 27 heavy (non-hydrogen) atoms. The van der Waals surface area contributed by atoms with Crippen LogP contribution in [0.4, 0.5) is 0 Å². The summed E-state index contributed by atoms with van der Waals surface area (Å²) < 4.78 is 26.8. The summed E-state index contributed by atoms with van der Waals surface area (Å²) >= 11 is 0. The van der Waals surface area contributed by atoms with Crippen LogP contribution in [0, 0.1) is 17.0 Å². The lowest BCUT2D eigenvalue weighted by Gasteiger charge is -2.12. The molecule has 3 aromatic rings.